The zero-order chi connectivity index (χ0) is 14.5. The van der Waals surface area contributed by atoms with Crippen LogP contribution in [-0.2, 0) is 6.54 Å². The summed E-state index contributed by atoms with van der Waals surface area (Å²) in [6, 6.07) is 15.8. The Bertz CT molecular complexity index is 573. The van der Waals surface area contributed by atoms with Crippen molar-refractivity contribution in [3.05, 3.63) is 65.2 Å². The lowest BCUT2D eigenvalue weighted by Crippen LogP contribution is -2.26. The summed E-state index contributed by atoms with van der Waals surface area (Å²) in [5.41, 5.74) is 4.07. The van der Waals surface area contributed by atoms with Crippen molar-refractivity contribution in [2.24, 2.45) is 0 Å². The predicted octanol–water partition coefficient (Wildman–Crippen LogP) is 3.31. The molecule has 0 heterocycles. The topological polar surface area (TPSA) is 32.3 Å². The molecule has 0 aliphatic carbocycles. The number of rotatable bonds is 4. The monoisotopic (exact) mass is 268 g/mol. The Labute approximate surface area is 120 Å². The lowest BCUT2D eigenvalue weighted by Gasteiger charge is -2.17. The lowest BCUT2D eigenvalue weighted by atomic mass is 10.1. The van der Waals surface area contributed by atoms with Crippen LogP contribution >= 0.6 is 0 Å². The Morgan fingerprint density at radius 3 is 2.20 bits per heavy atom. The first-order valence-electron chi connectivity index (χ1n) is 6.69. The van der Waals surface area contributed by atoms with Crippen LogP contribution in [0.25, 0.3) is 0 Å². The fourth-order valence-corrected chi connectivity index (χ4v) is 2.04. The van der Waals surface area contributed by atoms with Crippen molar-refractivity contribution in [3.8, 4) is 0 Å². The number of amides is 1. The normalized spacial score (nSPS) is 10.2. The van der Waals surface area contributed by atoms with E-state index in [-0.39, 0.29) is 5.91 Å². The standard InChI is InChI=1S/C17H20N2O/c1-13-4-6-14(7-5-13)12-19(3)17(20)15-8-10-16(18-2)11-9-15/h4-11,18H,12H2,1-3H3. The summed E-state index contributed by atoms with van der Waals surface area (Å²) in [4.78, 5) is 14.1. The Morgan fingerprint density at radius 2 is 1.65 bits per heavy atom. The lowest BCUT2D eigenvalue weighted by molar-refractivity contribution is 0.0785. The second-order valence-corrected chi connectivity index (χ2v) is 4.97. The minimum Gasteiger partial charge on any atom is -0.388 e. The van der Waals surface area contributed by atoms with E-state index in [4.69, 9.17) is 0 Å². The van der Waals surface area contributed by atoms with Gasteiger partial charge in [-0.3, -0.25) is 4.79 Å². The molecule has 20 heavy (non-hydrogen) atoms. The van der Waals surface area contributed by atoms with Gasteiger partial charge < -0.3 is 10.2 Å². The predicted molar refractivity (Wildman–Crippen MR) is 83.0 cm³/mol. The number of anilines is 1. The molecule has 0 saturated carbocycles. The minimum absolute atomic E-state index is 0.0354. The highest BCUT2D eigenvalue weighted by atomic mass is 16.2. The molecular formula is C17H20N2O. The molecule has 2 rings (SSSR count). The number of carbonyl (C=O) groups excluding carboxylic acids is 1. The van der Waals surface area contributed by atoms with Gasteiger partial charge in [-0.15, -0.1) is 0 Å². The number of hydrogen-bond donors (Lipinski definition) is 1. The van der Waals surface area contributed by atoms with Crippen molar-refractivity contribution in [1.29, 1.82) is 0 Å². The second kappa shape index (κ2) is 6.24. The number of benzene rings is 2. The minimum atomic E-state index is 0.0354. The van der Waals surface area contributed by atoms with E-state index in [1.165, 1.54) is 5.56 Å². The molecule has 1 N–H and O–H groups in total. The maximum absolute atomic E-state index is 12.3. The fraction of sp³-hybridized carbons (Fsp3) is 0.235. The number of carbonyl (C=O) groups is 1. The number of nitrogens with zero attached hydrogens (tertiary/aromatic N) is 1. The zero-order valence-corrected chi connectivity index (χ0v) is 12.2. The van der Waals surface area contributed by atoms with Crippen molar-refractivity contribution >= 4 is 11.6 Å². The Kier molecular flexibility index (Phi) is 4.41. The van der Waals surface area contributed by atoms with Gasteiger partial charge in [0.15, 0.2) is 0 Å². The summed E-state index contributed by atoms with van der Waals surface area (Å²) in [6.07, 6.45) is 0. The van der Waals surface area contributed by atoms with Crippen molar-refractivity contribution in [1.82, 2.24) is 4.90 Å². The summed E-state index contributed by atoms with van der Waals surface area (Å²) in [5, 5.41) is 3.04. The van der Waals surface area contributed by atoms with Crippen molar-refractivity contribution in [2.75, 3.05) is 19.4 Å². The van der Waals surface area contributed by atoms with Gasteiger partial charge in [0, 0.05) is 31.9 Å². The molecule has 1 amide bonds. The van der Waals surface area contributed by atoms with Crippen LogP contribution < -0.4 is 5.32 Å². The van der Waals surface area contributed by atoms with Crippen LogP contribution in [0.2, 0.25) is 0 Å². The largest absolute Gasteiger partial charge is 0.388 e. The van der Waals surface area contributed by atoms with E-state index in [9.17, 15) is 4.79 Å². The van der Waals surface area contributed by atoms with E-state index in [0.29, 0.717) is 12.1 Å². The summed E-state index contributed by atoms with van der Waals surface area (Å²) in [6.45, 7) is 2.68. The SMILES string of the molecule is CNc1ccc(C(=O)N(C)Cc2ccc(C)cc2)cc1. The van der Waals surface area contributed by atoms with Gasteiger partial charge in [0.05, 0.1) is 0 Å². The molecule has 0 fully saturated rings. The molecular weight excluding hydrogens is 248 g/mol. The van der Waals surface area contributed by atoms with Crippen LogP contribution in [0.5, 0.6) is 0 Å². The number of aryl methyl sites for hydroxylation is 1. The van der Waals surface area contributed by atoms with Gasteiger partial charge in [0.25, 0.3) is 5.91 Å². The van der Waals surface area contributed by atoms with Crippen LogP contribution in [-0.4, -0.2) is 24.9 Å². The van der Waals surface area contributed by atoms with Crippen LogP contribution in [0, 0.1) is 6.92 Å². The average molecular weight is 268 g/mol. The van der Waals surface area contributed by atoms with Gasteiger partial charge in [0.2, 0.25) is 0 Å². The quantitative estimate of drug-likeness (QED) is 0.922. The first kappa shape index (κ1) is 14.1. The van der Waals surface area contributed by atoms with E-state index in [1.54, 1.807) is 4.90 Å². The summed E-state index contributed by atoms with van der Waals surface area (Å²) in [5.74, 6) is 0.0354. The summed E-state index contributed by atoms with van der Waals surface area (Å²) < 4.78 is 0. The average Bonchev–Trinajstić information content (AvgIpc) is 2.49. The smallest absolute Gasteiger partial charge is 0.253 e. The Hall–Kier alpha value is -2.29. The molecule has 0 aliphatic heterocycles. The molecule has 2 aromatic rings. The Balaban J connectivity index is 2.05. The third kappa shape index (κ3) is 3.38. The highest BCUT2D eigenvalue weighted by Gasteiger charge is 2.11. The van der Waals surface area contributed by atoms with Crippen molar-refractivity contribution < 1.29 is 4.79 Å². The molecule has 3 heteroatoms. The number of hydrogen-bond acceptors (Lipinski definition) is 2. The first-order valence-corrected chi connectivity index (χ1v) is 6.69. The maximum Gasteiger partial charge on any atom is 0.253 e. The van der Waals surface area contributed by atoms with Crippen molar-refractivity contribution in [2.45, 2.75) is 13.5 Å². The van der Waals surface area contributed by atoms with E-state index in [2.05, 4.69) is 36.5 Å². The van der Waals surface area contributed by atoms with Crippen molar-refractivity contribution in [3.63, 3.8) is 0 Å². The Morgan fingerprint density at radius 1 is 1.05 bits per heavy atom. The molecule has 104 valence electrons. The molecule has 0 saturated heterocycles. The molecule has 0 spiro atoms. The molecule has 0 radical (unpaired) electrons. The molecule has 0 atom stereocenters. The van der Waals surface area contributed by atoms with Crippen LogP contribution in [0.3, 0.4) is 0 Å². The van der Waals surface area contributed by atoms with Gasteiger partial charge in [-0.2, -0.15) is 0 Å². The molecule has 0 aliphatic rings. The highest BCUT2D eigenvalue weighted by molar-refractivity contribution is 5.94. The van der Waals surface area contributed by atoms with Crippen LogP contribution in [0.4, 0.5) is 5.69 Å². The zero-order valence-electron chi connectivity index (χ0n) is 12.2. The summed E-state index contributed by atoms with van der Waals surface area (Å²) >= 11 is 0. The first-order chi connectivity index (χ1) is 9.60. The molecule has 2 aromatic carbocycles. The third-order valence-corrected chi connectivity index (χ3v) is 3.31. The number of nitrogens with one attached hydrogen (secondary N) is 1. The molecule has 0 bridgehead atoms. The molecule has 0 aromatic heterocycles. The van der Waals surface area contributed by atoms with E-state index in [1.807, 2.05) is 38.4 Å². The van der Waals surface area contributed by atoms with Gasteiger partial charge in [-0.1, -0.05) is 29.8 Å². The van der Waals surface area contributed by atoms with Gasteiger partial charge in [0.1, 0.15) is 0 Å². The maximum atomic E-state index is 12.3. The van der Waals surface area contributed by atoms with Gasteiger partial charge in [-0.05, 0) is 36.8 Å². The van der Waals surface area contributed by atoms with Crippen LogP contribution in [0.1, 0.15) is 21.5 Å². The van der Waals surface area contributed by atoms with Crippen LogP contribution in [0.15, 0.2) is 48.5 Å². The third-order valence-electron chi connectivity index (χ3n) is 3.31. The van der Waals surface area contributed by atoms with Gasteiger partial charge >= 0.3 is 0 Å². The molecule has 0 unspecified atom stereocenters. The van der Waals surface area contributed by atoms with Gasteiger partial charge in [-0.25, -0.2) is 0 Å². The highest BCUT2D eigenvalue weighted by Crippen LogP contribution is 2.12. The fourth-order valence-electron chi connectivity index (χ4n) is 2.04. The van der Waals surface area contributed by atoms with E-state index >= 15 is 0 Å². The van der Waals surface area contributed by atoms with E-state index < -0.39 is 0 Å². The second-order valence-electron chi connectivity index (χ2n) is 4.97. The molecule has 3 nitrogen and oxygen atoms in total. The van der Waals surface area contributed by atoms with E-state index in [0.717, 1.165) is 11.3 Å². The summed E-state index contributed by atoms with van der Waals surface area (Å²) in [7, 11) is 3.69.